The minimum absolute atomic E-state index is 0.725. The Morgan fingerprint density at radius 3 is 2.75 bits per heavy atom. The zero-order valence-electron chi connectivity index (χ0n) is 13.9. The van der Waals surface area contributed by atoms with Crippen LogP contribution >= 0.6 is 0 Å². The van der Waals surface area contributed by atoms with Crippen molar-refractivity contribution in [1.29, 1.82) is 0 Å². The molecule has 3 rings (SSSR count). The lowest BCUT2D eigenvalue weighted by molar-refractivity contribution is 0.325. The van der Waals surface area contributed by atoms with Gasteiger partial charge in [-0.05, 0) is 43.8 Å². The Hall–Kier alpha value is -2.66. The summed E-state index contributed by atoms with van der Waals surface area (Å²) in [5, 5.41) is 4.37. The van der Waals surface area contributed by atoms with Gasteiger partial charge in [-0.3, -0.25) is 0 Å². The molecule has 0 radical (unpaired) electrons. The molecule has 2 aromatic carbocycles. The molecule has 0 amide bonds. The summed E-state index contributed by atoms with van der Waals surface area (Å²) in [6.45, 7) is 2.85. The van der Waals surface area contributed by atoms with E-state index in [2.05, 4.69) is 51.5 Å². The van der Waals surface area contributed by atoms with Crippen LogP contribution in [0, 0.1) is 0 Å². The van der Waals surface area contributed by atoms with Crippen LogP contribution in [0.25, 0.3) is 10.9 Å². The van der Waals surface area contributed by atoms with Crippen molar-refractivity contribution in [2.24, 2.45) is 0 Å². The van der Waals surface area contributed by atoms with Crippen molar-refractivity contribution in [3.63, 3.8) is 0 Å². The lowest BCUT2D eigenvalue weighted by Crippen LogP contribution is -2.21. The van der Waals surface area contributed by atoms with Crippen LogP contribution in [0.5, 0.6) is 0 Å². The van der Waals surface area contributed by atoms with Crippen LogP contribution in [-0.2, 0) is 6.54 Å². The van der Waals surface area contributed by atoms with Crippen LogP contribution < -0.4 is 11.1 Å². The van der Waals surface area contributed by atoms with Gasteiger partial charge in [0.15, 0.2) is 0 Å². The van der Waals surface area contributed by atoms with Crippen molar-refractivity contribution >= 4 is 22.4 Å². The summed E-state index contributed by atoms with van der Waals surface area (Å²) >= 11 is 0. The molecule has 0 unspecified atom stereocenters. The fourth-order valence-electron chi connectivity index (χ4n) is 2.75. The highest BCUT2D eigenvalue weighted by Gasteiger charge is 2.04. The molecule has 24 heavy (non-hydrogen) atoms. The molecule has 0 aliphatic carbocycles. The van der Waals surface area contributed by atoms with Crippen molar-refractivity contribution < 1.29 is 0 Å². The van der Waals surface area contributed by atoms with Gasteiger partial charge in [-0.15, -0.1) is 0 Å². The molecular weight excluding hydrogens is 298 g/mol. The van der Waals surface area contributed by atoms with Gasteiger partial charge in [0.2, 0.25) is 0 Å². The van der Waals surface area contributed by atoms with Crippen LogP contribution in [0.3, 0.4) is 0 Å². The predicted molar refractivity (Wildman–Crippen MR) is 99.8 cm³/mol. The van der Waals surface area contributed by atoms with Crippen LogP contribution in [0.15, 0.2) is 54.9 Å². The van der Waals surface area contributed by atoms with E-state index in [1.165, 1.54) is 5.56 Å². The fraction of sp³-hybridized carbons (Fsp3) is 0.263. The zero-order chi connectivity index (χ0) is 16.8. The maximum atomic E-state index is 5.87. The van der Waals surface area contributed by atoms with E-state index in [0.717, 1.165) is 48.5 Å². The van der Waals surface area contributed by atoms with Gasteiger partial charge >= 0.3 is 0 Å². The van der Waals surface area contributed by atoms with Crippen LogP contribution in [0.4, 0.5) is 11.5 Å². The molecule has 0 saturated heterocycles. The lowest BCUT2D eigenvalue weighted by atomic mass is 10.2. The Morgan fingerprint density at radius 1 is 1.08 bits per heavy atom. The Kier molecular flexibility index (Phi) is 5.23. The topological polar surface area (TPSA) is 67.1 Å². The molecule has 1 heterocycles. The van der Waals surface area contributed by atoms with Gasteiger partial charge in [-0.25, -0.2) is 9.97 Å². The third kappa shape index (κ3) is 4.20. The summed E-state index contributed by atoms with van der Waals surface area (Å²) in [5.41, 5.74) is 8.84. The van der Waals surface area contributed by atoms with E-state index in [1.54, 1.807) is 6.33 Å². The largest absolute Gasteiger partial charge is 0.399 e. The van der Waals surface area contributed by atoms with Crippen LogP contribution in [0.2, 0.25) is 0 Å². The van der Waals surface area contributed by atoms with Gasteiger partial charge in [-0.2, -0.15) is 0 Å². The number of nitrogens with zero attached hydrogens (tertiary/aromatic N) is 3. The molecule has 0 saturated carbocycles. The second-order valence-corrected chi connectivity index (χ2v) is 6.00. The highest BCUT2D eigenvalue weighted by Crippen LogP contribution is 2.21. The van der Waals surface area contributed by atoms with Crippen molar-refractivity contribution in [2.75, 3.05) is 31.2 Å². The molecule has 0 atom stereocenters. The fourth-order valence-corrected chi connectivity index (χ4v) is 2.75. The van der Waals surface area contributed by atoms with Crippen molar-refractivity contribution in [2.45, 2.75) is 13.0 Å². The normalized spacial score (nSPS) is 11.1. The van der Waals surface area contributed by atoms with Gasteiger partial charge in [0.1, 0.15) is 12.1 Å². The van der Waals surface area contributed by atoms with Gasteiger partial charge < -0.3 is 16.0 Å². The number of nitrogens with one attached hydrogen (secondary N) is 1. The van der Waals surface area contributed by atoms with Gasteiger partial charge in [0.05, 0.1) is 5.52 Å². The smallest absolute Gasteiger partial charge is 0.137 e. The van der Waals surface area contributed by atoms with Gasteiger partial charge in [0.25, 0.3) is 0 Å². The summed E-state index contributed by atoms with van der Waals surface area (Å²) < 4.78 is 0. The first kappa shape index (κ1) is 16.2. The zero-order valence-corrected chi connectivity index (χ0v) is 13.9. The molecule has 124 valence electrons. The van der Waals surface area contributed by atoms with Crippen molar-refractivity contribution in [1.82, 2.24) is 14.9 Å². The van der Waals surface area contributed by atoms with E-state index in [-0.39, 0.29) is 0 Å². The van der Waals surface area contributed by atoms with E-state index >= 15 is 0 Å². The maximum absolute atomic E-state index is 5.87. The molecule has 3 N–H and O–H groups in total. The quantitative estimate of drug-likeness (QED) is 0.517. The lowest BCUT2D eigenvalue weighted by Gasteiger charge is -2.17. The van der Waals surface area contributed by atoms with E-state index < -0.39 is 0 Å². The summed E-state index contributed by atoms with van der Waals surface area (Å²) in [5.74, 6) is 0.845. The first-order chi connectivity index (χ1) is 11.7. The Balaban J connectivity index is 1.51. The standard InChI is InChI=1S/C19H23N5/c1-24(13-15-6-3-2-4-7-15)11-5-10-21-19-17-12-16(20)8-9-18(17)22-14-23-19/h2-4,6-9,12,14H,5,10-11,13,20H2,1H3,(H,21,22,23). The molecule has 0 fully saturated rings. The van der Waals surface area contributed by atoms with Crippen molar-refractivity contribution in [3.05, 3.63) is 60.4 Å². The molecule has 3 aromatic rings. The summed E-state index contributed by atoms with van der Waals surface area (Å²) in [4.78, 5) is 10.9. The number of benzene rings is 2. The molecule has 0 aliphatic rings. The van der Waals surface area contributed by atoms with Crippen LogP contribution in [-0.4, -0.2) is 35.0 Å². The number of nitrogen functional groups attached to an aromatic ring is 1. The average molecular weight is 321 g/mol. The number of nitrogens with two attached hydrogens (primary N) is 1. The van der Waals surface area contributed by atoms with E-state index in [9.17, 15) is 0 Å². The summed E-state index contributed by atoms with van der Waals surface area (Å²) in [6, 6.07) is 16.2. The second kappa shape index (κ2) is 7.75. The number of anilines is 2. The van der Waals surface area contributed by atoms with E-state index in [4.69, 9.17) is 5.73 Å². The molecule has 1 aromatic heterocycles. The summed E-state index contributed by atoms with van der Waals surface area (Å²) in [7, 11) is 2.15. The first-order valence-electron chi connectivity index (χ1n) is 8.19. The molecular formula is C19H23N5. The van der Waals surface area contributed by atoms with E-state index in [0.29, 0.717) is 0 Å². The Bertz CT molecular complexity index is 788. The second-order valence-electron chi connectivity index (χ2n) is 6.00. The number of hydrogen-bond donors (Lipinski definition) is 2. The van der Waals surface area contributed by atoms with Gasteiger partial charge in [-0.1, -0.05) is 30.3 Å². The summed E-state index contributed by atoms with van der Waals surface area (Å²) in [6.07, 6.45) is 2.62. The third-order valence-electron chi connectivity index (χ3n) is 3.96. The minimum Gasteiger partial charge on any atom is -0.399 e. The number of aromatic nitrogens is 2. The Labute approximate surface area is 142 Å². The monoisotopic (exact) mass is 321 g/mol. The SMILES string of the molecule is CN(CCCNc1ncnc2ccc(N)cc12)Cc1ccccc1. The minimum atomic E-state index is 0.725. The first-order valence-corrected chi connectivity index (χ1v) is 8.19. The average Bonchev–Trinajstić information content (AvgIpc) is 2.60. The number of hydrogen-bond acceptors (Lipinski definition) is 5. The maximum Gasteiger partial charge on any atom is 0.137 e. The molecule has 5 heteroatoms. The molecule has 5 nitrogen and oxygen atoms in total. The molecule has 0 bridgehead atoms. The predicted octanol–water partition coefficient (Wildman–Crippen LogP) is 3.15. The molecule has 0 spiro atoms. The Morgan fingerprint density at radius 2 is 1.92 bits per heavy atom. The number of rotatable bonds is 7. The highest BCUT2D eigenvalue weighted by atomic mass is 15.1. The highest BCUT2D eigenvalue weighted by molar-refractivity contribution is 5.91. The van der Waals surface area contributed by atoms with Gasteiger partial charge in [0, 0.05) is 24.2 Å². The van der Waals surface area contributed by atoms with Crippen molar-refractivity contribution in [3.8, 4) is 0 Å². The van der Waals surface area contributed by atoms with E-state index in [1.807, 2.05) is 24.3 Å². The third-order valence-corrected chi connectivity index (χ3v) is 3.96. The molecule has 0 aliphatic heterocycles. The number of fused-ring (bicyclic) bond motifs is 1. The van der Waals surface area contributed by atoms with Crippen LogP contribution in [0.1, 0.15) is 12.0 Å².